The number of piperazine rings is 1. The van der Waals surface area contributed by atoms with Crippen LogP contribution in [0, 0.1) is 6.92 Å². The second kappa shape index (κ2) is 8.20. The van der Waals surface area contributed by atoms with Gasteiger partial charge in [-0.1, -0.05) is 6.07 Å². The zero-order chi connectivity index (χ0) is 19.5. The van der Waals surface area contributed by atoms with E-state index in [4.69, 9.17) is 4.74 Å². The van der Waals surface area contributed by atoms with Gasteiger partial charge in [-0.05, 0) is 31.0 Å². The van der Waals surface area contributed by atoms with Crippen LogP contribution in [0.5, 0.6) is 0 Å². The SMILES string of the molecule is CCOC(=O)c1sc2ncnc(N3CCN(Cc4cccnc4)CC3)c2c1C. The molecule has 0 N–H and O–H groups in total. The highest BCUT2D eigenvalue weighted by Gasteiger charge is 2.25. The highest BCUT2D eigenvalue weighted by Crippen LogP contribution is 2.35. The van der Waals surface area contributed by atoms with Crippen LogP contribution in [-0.2, 0) is 11.3 Å². The van der Waals surface area contributed by atoms with E-state index in [1.807, 2.05) is 26.1 Å². The maximum Gasteiger partial charge on any atom is 0.348 e. The second-order valence-electron chi connectivity index (χ2n) is 6.78. The summed E-state index contributed by atoms with van der Waals surface area (Å²) in [5, 5.41) is 0.969. The number of esters is 1. The quantitative estimate of drug-likeness (QED) is 0.613. The number of pyridine rings is 1. The third kappa shape index (κ3) is 3.70. The number of carbonyl (C=O) groups is 1. The van der Waals surface area contributed by atoms with Gasteiger partial charge in [-0.3, -0.25) is 9.88 Å². The minimum absolute atomic E-state index is 0.282. The lowest BCUT2D eigenvalue weighted by Crippen LogP contribution is -2.46. The van der Waals surface area contributed by atoms with E-state index in [2.05, 4.69) is 30.8 Å². The Kier molecular flexibility index (Phi) is 5.50. The maximum atomic E-state index is 12.3. The minimum atomic E-state index is -0.282. The van der Waals surface area contributed by atoms with Crippen LogP contribution >= 0.6 is 11.3 Å². The molecule has 3 aromatic heterocycles. The minimum Gasteiger partial charge on any atom is -0.462 e. The molecule has 0 aromatic carbocycles. The van der Waals surface area contributed by atoms with Gasteiger partial charge in [0.15, 0.2) is 0 Å². The molecule has 8 heteroatoms. The fourth-order valence-electron chi connectivity index (χ4n) is 3.55. The molecule has 0 aliphatic carbocycles. The zero-order valence-electron chi connectivity index (χ0n) is 16.1. The molecule has 0 amide bonds. The number of fused-ring (bicyclic) bond motifs is 1. The second-order valence-corrected chi connectivity index (χ2v) is 7.78. The van der Waals surface area contributed by atoms with Crippen molar-refractivity contribution in [2.75, 3.05) is 37.7 Å². The van der Waals surface area contributed by atoms with Crippen LogP contribution in [0.15, 0.2) is 30.9 Å². The van der Waals surface area contributed by atoms with Crippen LogP contribution in [0.4, 0.5) is 5.82 Å². The monoisotopic (exact) mass is 397 g/mol. The first kappa shape index (κ1) is 18.8. The van der Waals surface area contributed by atoms with Crippen molar-refractivity contribution in [3.8, 4) is 0 Å². The standard InChI is InChI=1S/C20H23N5O2S/c1-3-27-20(26)17-14(2)16-18(22-13-23-19(16)28-17)25-9-7-24(8-10-25)12-15-5-4-6-21-11-15/h4-6,11,13H,3,7-10,12H2,1-2H3. The molecule has 4 rings (SSSR count). The van der Waals surface area contributed by atoms with Crippen LogP contribution in [0.2, 0.25) is 0 Å². The third-order valence-corrected chi connectivity index (χ3v) is 6.15. The van der Waals surface area contributed by atoms with Crippen molar-refractivity contribution in [2.24, 2.45) is 0 Å². The number of nitrogens with zero attached hydrogens (tertiary/aromatic N) is 5. The lowest BCUT2D eigenvalue weighted by atomic mass is 10.1. The van der Waals surface area contributed by atoms with E-state index in [0.717, 1.165) is 54.3 Å². The lowest BCUT2D eigenvalue weighted by Gasteiger charge is -2.35. The molecule has 0 bridgehead atoms. The molecule has 1 aliphatic rings. The van der Waals surface area contributed by atoms with E-state index in [0.29, 0.717) is 11.5 Å². The fourth-order valence-corrected chi connectivity index (χ4v) is 4.59. The number of thiophene rings is 1. The predicted molar refractivity (Wildman–Crippen MR) is 110 cm³/mol. The van der Waals surface area contributed by atoms with Crippen molar-refractivity contribution in [1.29, 1.82) is 0 Å². The van der Waals surface area contributed by atoms with E-state index in [-0.39, 0.29) is 5.97 Å². The van der Waals surface area contributed by atoms with Gasteiger partial charge in [0.2, 0.25) is 0 Å². The van der Waals surface area contributed by atoms with Crippen molar-refractivity contribution < 1.29 is 9.53 Å². The molecular formula is C20H23N5O2S. The summed E-state index contributed by atoms with van der Waals surface area (Å²) >= 11 is 1.38. The predicted octanol–water partition coefficient (Wildman–Crippen LogP) is 2.89. The summed E-state index contributed by atoms with van der Waals surface area (Å²) in [7, 11) is 0. The Hall–Kier alpha value is -2.58. The average Bonchev–Trinajstić information content (AvgIpc) is 3.07. The van der Waals surface area contributed by atoms with Gasteiger partial charge in [-0.25, -0.2) is 14.8 Å². The Bertz CT molecular complexity index is 967. The van der Waals surface area contributed by atoms with Gasteiger partial charge < -0.3 is 9.64 Å². The van der Waals surface area contributed by atoms with Crippen molar-refractivity contribution in [2.45, 2.75) is 20.4 Å². The number of anilines is 1. The summed E-state index contributed by atoms with van der Waals surface area (Å²) < 4.78 is 5.19. The first-order chi connectivity index (χ1) is 13.7. The summed E-state index contributed by atoms with van der Waals surface area (Å²) in [5.74, 6) is 0.630. The molecule has 4 heterocycles. The van der Waals surface area contributed by atoms with Crippen molar-refractivity contribution >= 4 is 33.3 Å². The number of ether oxygens (including phenoxy) is 1. The molecule has 1 fully saturated rings. The Balaban J connectivity index is 1.53. The molecule has 146 valence electrons. The van der Waals surface area contributed by atoms with Gasteiger partial charge in [-0.2, -0.15) is 0 Å². The number of rotatable bonds is 5. The molecule has 7 nitrogen and oxygen atoms in total. The first-order valence-corrected chi connectivity index (χ1v) is 10.3. The molecule has 3 aromatic rings. The van der Waals surface area contributed by atoms with Crippen molar-refractivity contribution in [3.05, 3.63) is 46.9 Å². The van der Waals surface area contributed by atoms with Crippen molar-refractivity contribution in [1.82, 2.24) is 19.9 Å². The van der Waals surface area contributed by atoms with Crippen LogP contribution < -0.4 is 4.90 Å². The third-order valence-electron chi connectivity index (χ3n) is 4.97. The Labute approximate surface area is 168 Å². The van der Waals surface area contributed by atoms with Crippen LogP contribution in [0.25, 0.3) is 10.2 Å². The maximum absolute atomic E-state index is 12.3. The smallest absolute Gasteiger partial charge is 0.348 e. The van der Waals surface area contributed by atoms with E-state index < -0.39 is 0 Å². The summed E-state index contributed by atoms with van der Waals surface area (Å²) in [6, 6.07) is 4.09. The van der Waals surface area contributed by atoms with Gasteiger partial charge in [0, 0.05) is 45.1 Å². The molecule has 0 saturated carbocycles. The molecule has 1 aliphatic heterocycles. The molecule has 0 atom stereocenters. The van der Waals surface area contributed by atoms with Gasteiger partial charge >= 0.3 is 5.97 Å². The largest absolute Gasteiger partial charge is 0.462 e. The van der Waals surface area contributed by atoms with E-state index >= 15 is 0 Å². The number of aryl methyl sites for hydroxylation is 1. The first-order valence-electron chi connectivity index (χ1n) is 9.44. The summed E-state index contributed by atoms with van der Waals surface area (Å²) in [6.45, 7) is 8.72. The Morgan fingerprint density at radius 1 is 1.25 bits per heavy atom. The normalized spacial score (nSPS) is 15.1. The molecule has 28 heavy (non-hydrogen) atoms. The lowest BCUT2D eigenvalue weighted by molar-refractivity contribution is 0.0531. The summed E-state index contributed by atoms with van der Waals surface area (Å²) in [4.78, 5) is 31.6. The topological polar surface area (TPSA) is 71.5 Å². The van der Waals surface area contributed by atoms with Crippen LogP contribution in [-0.4, -0.2) is 58.6 Å². The molecule has 0 radical (unpaired) electrons. The highest BCUT2D eigenvalue weighted by molar-refractivity contribution is 7.20. The van der Waals surface area contributed by atoms with Gasteiger partial charge in [-0.15, -0.1) is 11.3 Å². The Morgan fingerprint density at radius 2 is 2.07 bits per heavy atom. The molecule has 1 saturated heterocycles. The van der Waals surface area contributed by atoms with E-state index in [1.165, 1.54) is 16.9 Å². The summed E-state index contributed by atoms with van der Waals surface area (Å²) in [6.07, 6.45) is 5.31. The number of aromatic nitrogens is 3. The van der Waals surface area contributed by atoms with Crippen molar-refractivity contribution in [3.63, 3.8) is 0 Å². The van der Waals surface area contributed by atoms with E-state index in [1.54, 1.807) is 12.5 Å². The van der Waals surface area contributed by atoms with Gasteiger partial charge in [0.25, 0.3) is 0 Å². The Morgan fingerprint density at radius 3 is 2.79 bits per heavy atom. The molecular weight excluding hydrogens is 374 g/mol. The number of hydrogen-bond donors (Lipinski definition) is 0. The van der Waals surface area contributed by atoms with Gasteiger partial charge in [0.1, 0.15) is 21.9 Å². The average molecular weight is 398 g/mol. The van der Waals surface area contributed by atoms with Crippen LogP contribution in [0.1, 0.15) is 27.7 Å². The molecule has 0 spiro atoms. The fraction of sp³-hybridized carbons (Fsp3) is 0.400. The van der Waals surface area contributed by atoms with Gasteiger partial charge in [0.05, 0.1) is 12.0 Å². The number of carbonyl (C=O) groups excluding carboxylic acids is 1. The summed E-state index contributed by atoms with van der Waals surface area (Å²) in [5.41, 5.74) is 2.14. The van der Waals surface area contributed by atoms with E-state index in [9.17, 15) is 4.79 Å². The highest BCUT2D eigenvalue weighted by atomic mass is 32.1. The van der Waals surface area contributed by atoms with Crippen LogP contribution in [0.3, 0.4) is 0 Å². The molecule has 0 unspecified atom stereocenters. The zero-order valence-corrected chi connectivity index (χ0v) is 16.9. The number of hydrogen-bond acceptors (Lipinski definition) is 8.